The Hall–Kier alpha value is -1.88. The number of benzene rings is 1. The van der Waals surface area contributed by atoms with E-state index >= 15 is 0 Å². The average molecular weight is 264 g/mol. The molecule has 0 fully saturated rings. The van der Waals surface area contributed by atoms with E-state index in [1.807, 2.05) is 35.2 Å². The van der Waals surface area contributed by atoms with Crippen LogP contribution in [0, 0.1) is 0 Å². The molecule has 0 spiro atoms. The van der Waals surface area contributed by atoms with Crippen LogP contribution >= 0.6 is 0 Å². The third-order valence-electron chi connectivity index (χ3n) is 2.91. The van der Waals surface area contributed by atoms with Crippen LogP contribution in [0.25, 0.3) is 0 Å². The summed E-state index contributed by atoms with van der Waals surface area (Å²) in [5.41, 5.74) is 1.05. The van der Waals surface area contributed by atoms with Crippen LogP contribution in [0.1, 0.15) is 19.4 Å². The molecule has 1 aromatic rings. The van der Waals surface area contributed by atoms with Gasteiger partial charge in [-0.05, 0) is 12.5 Å². The van der Waals surface area contributed by atoms with E-state index in [9.17, 15) is 9.59 Å². The topological polar surface area (TPSA) is 69.6 Å². The summed E-state index contributed by atoms with van der Waals surface area (Å²) in [6.07, 6.45) is 0. The number of hydrogen-bond donors (Lipinski definition) is 2. The molecule has 0 saturated heterocycles. The Kier molecular flexibility index (Phi) is 6.02. The lowest BCUT2D eigenvalue weighted by Crippen LogP contribution is -2.42. The molecule has 2 N–H and O–H groups in total. The highest BCUT2D eigenvalue weighted by Gasteiger charge is 2.20. The van der Waals surface area contributed by atoms with E-state index in [0.29, 0.717) is 19.6 Å². The van der Waals surface area contributed by atoms with Crippen LogP contribution < -0.4 is 5.32 Å². The average Bonchev–Trinajstić information content (AvgIpc) is 2.37. The van der Waals surface area contributed by atoms with Gasteiger partial charge in [0.15, 0.2) is 0 Å². The lowest BCUT2D eigenvalue weighted by molar-refractivity contribution is -0.142. The smallest absolute Gasteiger partial charge is 0.320 e. The van der Waals surface area contributed by atoms with Crippen LogP contribution in [-0.2, 0) is 16.1 Å². The minimum Gasteiger partial charge on any atom is -0.480 e. The zero-order chi connectivity index (χ0) is 14.3. The summed E-state index contributed by atoms with van der Waals surface area (Å²) in [7, 11) is 0. The number of carbonyl (C=O) groups is 2. The maximum absolute atomic E-state index is 11.1. The van der Waals surface area contributed by atoms with Crippen molar-refractivity contribution < 1.29 is 14.7 Å². The molecule has 1 atom stereocenters. The fourth-order valence-electron chi connectivity index (χ4n) is 1.76. The fourth-order valence-corrected chi connectivity index (χ4v) is 1.76. The van der Waals surface area contributed by atoms with Gasteiger partial charge in [-0.1, -0.05) is 30.3 Å². The van der Waals surface area contributed by atoms with Crippen LogP contribution in [0.15, 0.2) is 30.3 Å². The van der Waals surface area contributed by atoms with Gasteiger partial charge in [-0.15, -0.1) is 0 Å². The highest BCUT2D eigenvalue weighted by molar-refractivity contribution is 5.73. The van der Waals surface area contributed by atoms with E-state index in [1.54, 1.807) is 6.92 Å². The molecule has 5 nitrogen and oxygen atoms in total. The molecule has 0 saturated carbocycles. The summed E-state index contributed by atoms with van der Waals surface area (Å²) in [6.45, 7) is 4.59. The van der Waals surface area contributed by atoms with Gasteiger partial charge in [-0.25, -0.2) is 0 Å². The van der Waals surface area contributed by atoms with Crippen molar-refractivity contribution in [1.82, 2.24) is 10.2 Å². The van der Waals surface area contributed by atoms with E-state index < -0.39 is 12.0 Å². The molecule has 19 heavy (non-hydrogen) atoms. The number of aliphatic carboxylic acids is 1. The number of nitrogens with one attached hydrogen (secondary N) is 1. The van der Waals surface area contributed by atoms with Gasteiger partial charge in [0, 0.05) is 26.6 Å². The van der Waals surface area contributed by atoms with E-state index in [-0.39, 0.29) is 5.91 Å². The molecule has 0 heterocycles. The predicted molar refractivity (Wildman–Crippen MR) is 72.6 cm³/mol. The molecule has 0 radical (unpaired) electrons. The van der Waals surface area contributed by atoms with Gasteiger partial charge in [-0.2, -0.15) is 0 Å². The van der Waals surface area contributed by atoms with Crippen LogP contribution in [-0.4, -0.2) is 41.0 Å². The Balaban J connectivity index is 2.64. The molecule has 0 aromatic heterocycles. The largest absolute Gasteiger partial charge is 0.480 e. The summed E-state index contributed by atoms with van der Waals surface area (Å²) < 4.78 is 0. The Morgan fingerprint density at radius 3 is 2.47 bits per heavy atom. The minimum absolute atomic E-state index is 0.109. The first-order chi connectivity index (χ1) is 9.00. The highest BCUT2D eigenvalue weighted by atomic mass is 16.4. The van der Waals surface area contributed by atoms with Gasteiger partial charge in [0.1, 0.15) is 6.04 Å². The zero-order valence-electron chi connectivity index (χ0n) is 11.3. The third-order valence-corrected chi connectivity index (χ3v) is 2.91. The van der Waals surface area contributed by atoms with Crippen molar-refractivity contribution in [2.45, 2.75) is 26.4 Å². The number of hydrogen-bond acceptors (Lipinski definition) is 3. The lowest BCUT2D eigenvalue weighted by atomic mass is 10.2. The summed E-state index contributed by atoms with van der Waals surface area (Å²) in [6, 6.07) is 9.10. The summed E-state index contributed by atoms with van der Waals surface area (Å²) in [5.74, 6) is -0.971. The van der Waals surface area contributed by atoms with Gasteiger partial charge < -0.3 is 10.4 Å². The van der Waals surface area contributed by atoms with E-state index in [0.717, 1.165) is 5.56 Å². The number of carboxylic acid groups (broad SMARTS) is 1. The van der Waals surface area contributed by atoms with Crippen molar-refractivity contribution in [1.29, 1.82) is 0 Å². The summed E-state index contributed by atoms with van der Waals surface area (Å²) >= 11 is 0. The second kappa shape index (κ2) is 7.53. The van der Waals surface area contributed by atoms with Gasteiger partial charge >= 0.3 is 5.97 Å². The molecular weight excluding hydrogens is 244 g/mol. The molecule has 0 aliphatic rings. The Morgan fingerprint density at radius 2 is 1.95 bits per heavy atom. The number of carbonyl (C=O) groups excluding carboxylic acids is 1. The second-order valence-electron chi connectivity index (χ2n) is 4.45. The fraction of sp³-hybridized carbons (Fsp3) is 0.429. The lowest BCUT2D eigenvalue weighted by Gasteiger charge is -2.26. The van der Waals surface area contributed by atoms with Crippen LogP contribution in [0.5, 0.6) is 0 Å². The molecular formula is C14H20N2O3. The summed E-state index contributed by atoms with van der Waals surface area (Å²) in [5, 5.41) is 11.8. The highest BCUT2D eigenvalue weighted by Crippen LogP contribution is 2.08. The number of carboxylic acids is 1. The SMILES string of the molecule is CC(=O)NCCN(Cc1ccccc1)C(C)C(=O)O. The molecule has 104 valence electrons. The maximum atomic E-state index is 11.1. The predicted octanol–water partition coefficient (Wildman–Crippen LogP) is 1.10. The van der Waals surface area contributed by atoms with E-state index in [1.165, 1.54) is 6.92 Å². The monoisotopic (exact) mass is 264 g/mol. The van der Waals surface area contributed by atoms with Gasteiger partial charge in [0.05, 0.1) is 0 Å². The van der Waals surface area contributed by atoms with Crippen molar-refractivity contribution in [3.05, 3.63) is 35.9 Å². The first kappa shape index (κ1) is 15.2. The van der Waals surface area contributed by atoms with Crippen molar-refractivity contribution in [3.8, 4) is 0 Å². The van der Waals surface area contributed by atoms with Crippen molar-refractivity contribution >= 4 is 11.9 Å². The molecule has 1 unspecified atom stereocenters. The van der Waals surface area contributed by atoms with E-state index in [2.05, 4.69) is 5.32 Å². The molecule has 5 heteroatoms. The quantitative estimate of drug-likeness (QED) is 0.773. The normalized spacial score (nSPS) is 12.2. The Morgan fingerprint density at radius 1 is 1.32 bits per heavy atom. The number of rotatable bonds is 7. The van der Waals surface area contributed by atoms with Crippen LogP contribution in [0.3, 0.4) is 0 Å². The van der Waals surface area contributed by atoms with Gasteiger partial charge in [0.2, 0.25) is 5.91 Å². The third kappa shape index (κ3) is 5.52. The number of amides is 1. The molecule has 0 aliphatic heterocycles. The van der Waals surface area contributed by atoms with Crippen molar-refractivity contribution in [3.63, 3.8) is 0 Å². The first-order valence-corrected chi connectivity index (χ1v) is 6.26. The molecule has 0 bridgehead atoms. The van der Waals surface area contributed by atoms with Gasteiger partial charge in [0.25, 0.3) is 0 Å². The van der Waals surface area contributed by atoms with Crippen molar-refractivity contribution in [2.75, 3.05) is 13.1 Å². The molecule has 1 rings (SSSR count). The molecule has 1 aromatic carbocycles. The standard InChI is InChI=1S/C14H20N2O3/c1-11(14(18)19)16(9-8-15-12(2)17)10-13-6-4-3-5-7-13/h3-7,11H,8-10H2,1-2H3,(H,15,17)(H,18,19). The Labute approximate surface area is 113 Å². The maximum Gasteiger partial charge on any atom is 0.320 e. The van der Waals surface area contributed by atoms with Crippen LogP contribution in [0.4, 0.5) is 0 Å². The minimum atomic E-state index is -0.862. The molecule has 0 aliphatic carbocycles. The number of nitrogens with zero attached hydrogens (tertiary/aromatic N) is 1. The zero-order valence-corrected chi connectivity index (χ0v) is 11.3. The van der Waals surface area contributed by atoms with Gasteiger partial charge in [-0.3, -0.25) is 14.5 Å². The first-order valence-electron chi connectivity index (χ1n) is 6.26. The van der Waals surface area contributed by atoms with Crippen molar-refractivity contribution in [2.24, 2.45) is 0 Å². The molecule has 1 amide bonds. The second-order valence-corrected chi connectivity index (χ2v) is 4.45. The Bertz CT molecular complexity index is 420. The van der Waals surface area contributed by atoms with Crippen LogP contribution in [0.2, 0.25) is 0 Å². The summed E-state index contributed by atoms with van der Waals surface area (Å²) in [4.78, 5) is 23.8. The van der Waals surface area contributed by atoms with E-state index in [4.69, 9.17) is 5.11 Å².